The minimum absolute atomic E-state index is 0.204. The van der Waals surface area contributed by atoms with Crippen molar-refractivity contribution in [1.29, 1.82) is 0 Å². The minimum atomic E-state index is -0.239. The summed E-state index contributed by atoms with van der Waals surface area (Å²) in [5, 5.41) is 9.26. The van der Waals surface area contributed by atoms with Crippen LogP contribution in [0.15, 0.2) is 23.1 Å². The van der Waals surface area contributed by atoms with Gasteiger partial charge in [-0.3, -0.25) is 14.5 Å². The number of hydrogen-bond acceptors (Lipinski definition) is 4. The molecule has 1 N–H and O–H groups in total. The maximum absolute atomic E-state index is 12.2. The summed E-state index contributed by atoms with van der Waals surface area (Å²) in [4.78, 5) is 25.7. The fraction of sp³-hybridized carbons (Fsp3) is 0.286. The Morgan fingerprint density at radius 3 is 2.70 bits per heavy atom. The Labute approximate surface area is 135 Å². The highest BCUT2D eigenvalue weighted by Gasteiger charge is 2.35. The zero-order valence-corrected chi connectivity index (χ0v) is 14.1. The topological polar surface area (TPSA) is 57.6 Å². The highest BCUT2D eigenvalue weighted by molar-refractivity contribution is 14.1. The Morgan fingerprint density at radius 2 is 2.10 bits per heavy atom. The van der Waals surface area contributed by atoms with Gasteiger partial charge in [0, 0.05) is 6.54 Å². The Bertz CT molecular complexity index is 598. The smallest absolute Gasteiger partial charge is 0.293 e. The Hall–Kier alpha value is -1.02. The van der Waals surface area contributed by atoms with Crippen molar-refractivity contribution in [3.05, 3.63) is 32.2 Å². The maximum Gasteiger partial charge on any atom is 0.293 e. The van der Waals surface area contributed by atoms with E-state index in [0.717, 1.165) is 17.3 Å². The van der Waals surface area contributed by atoms with E-state index in [1.807, 2.05) is 36.4 Å². The van der Waals surface area contributed by atoms with Crippen LogP contribution in [0.3, 0.4) is 0 Å². The van der Waals surface area contributed by atoms with Crippen molar-refractivity contribution in [3.8, 4) is 5.75 Å². The van der Waals surface area contributed by atoms with E-state index in [1.165, 1.54) is 4.90 Å². The lowest BCUT2D eigenvalue weighted by Crippen LogP contribution is -2.31. The molecule has 0 aromatic heterocycles. The van der Waals surface area contributed by atoms with Gasteiger partial charge < -0.3 is 5.11 Å². The lowest BCUT2D eigenvalue weighted by atomic mass is 10.2. The van der Waals surface area contributed by atoms with Crippen LogP contribution in [0, 0.1) is 9.49 Å². The van der Waals surface area contributed by atoms with Crippen molar-refractivity contribution in [2.45, 2.75) is 13.8 Å². The van der Waals surface area contributed by atoms with E-state index in [2.05, 4.69) is 0 Å². The number of halogens is 1. The van der Waals surface area contributed by atoms with Gasteiger partial charge in [0.15, 0.2) is 0 Å². The first kappa shape index (κ1) is 15.4. The lowest BCUT2D eigenvalue weighted by Gasteiger charge is -2.14. The van der Waals surface area contributed by atoms with Crippen molar-refractivity contribution in [3.63, 3.8) is 0 Å². The molecule has 1 saturated heterocycles. The third-order valence-corrected chi connectivity index (χ3v) is 4.46. The zero-order valence-electron chi connectivity index (χ0n) is 11.1. The first-order valence-electron chi connectivity index (χ1n) is 6.12. The summed E-state index contributed by atoms with van der Waals surface area (Å²) in [6.07, 6.45) is 1.69. The number of amides is 2. The van der Waals surface area contributed by atoms with E-state index in [9.17, 15) is 14.7 Å². The van der Waals surface area contributed by atoms with Crippen LogP contribution in [-0.4, -0.2) is 27.7 Å². The fourth-order valence-corrected chi connectivity index (χ4v) is 3.17. The van der Waals surface area contributed by atoms with Crippen LogP contribution in [0.1, 0.15) is 19.4 Å². The van der Waals surface area contributed by atoms with Crippen molar-refractivity contribution >= 4 is 51.6 Å². The molecule has 0 bridgehead atoms. The summed E-state index contributed by atoms with van der Waals surface area (Å²) in [7, 11) is 0. The molecule has 0 aliphatic carbocycles. The molecule has 2 amide bonds. The first-order valence-corrected chi connectivity index (χ1v) is 8.02. The second-order valence-corrected chi connectivity index (χ2v) is 7.05. The molecule has 1 heterocycles. The van der Waals surface area contributed by atoms with Gasteiger partial charge in [-0.2, -0.15) is 0 Å². The predicted octanol–water partition coefficient (Wildman–Crippen LogP) is 3.69. The van der Waals surface area contributed by atoms with Crippen molar-refractivity contribution in [1.82, 2.24) is 4.90 Å². The van der Waals surface area contributed by atoms with Crippen LogP contribution in [0.2, 0.25) is 0 Å². The number of phenols is 1. The van der Waals surface area contributed by atoms with Gasteiger partial charge in [0.25, 0.3) is 11.1 Å². The number of aromatic hydroxyl groups is 1. The Morgan fingerprint density at radius 1 is 1.40 bits per heavy atom. The normalized spacial score (nSPS) is 17.6. The van der Waals surface area contributed by atoms with Gasteiger partial charge in [-0.05, 0) is 64.0 Å². The van der Waals surface area contributed by atoms with Crippen molar-refractivity contribution in [2.24, 2.45) is 5.92 Å². The van der Waals surface area contributed by atoms with E-state index in [1.54, 1.807) is 24.3 Å². The number of carbonyl (C=O) groups excluding carboxylic acids is 2. The molecular weight excluding hydrogens is 389 g/mol. The maximum atomic E-state index is 12.2. The number of benzene rings is 1. The van der Waals surface area contributed by atoms with Gasteiger partial charge in [-0.25, -0.2) is 0 Å². The molecule has 4 nitrogen and oxygen atoms in total. The molecular formula is C14H14INO3S. The monoisotopic (exact) mass is 403 g/mol. The van der Waals surface area contributed by atoms with E-state index < -0.39 is 0 Å². The standard InChI is InChI=1S/C14H14INO3S/c1-8(2)7-16-13(18)12(20-14(16)19)6-9-3-4-11(17)10(15)5-9/h3-6,8,17H,7H2,1-2H3/b12-6+. The molecule has 1 aliphatic rings. The van der Waals surface area contributed by atoms with Gasteiger partial charge in [0.1, 0.15) is 5.75 Å². The van der Waals surface area contributed by atoms with Gasteiger partial charge >= 0.3 is 0 Å². The van der Waals surface area contributed by atoms with Crippen LogP contribution >= 0.6 is 34.4 Å². The van der Waals surface area contributed by atoms with Gasteiger partial charge in [-0.15, -0.1) is 0 Å². The Balaban J connectivity index is 2.25. The molecule has 1 aromatic rings. The highest BCUT2D eigenvalue weighted by Crippen LogP contribution is 2.33. The van der Waals surface area contributed by atoms with Gasteiger partial charge in [-0.1, -0.05) is 19.9 Å². The zero-order chi connectivity index (χ0) is 14.9. The molecule has 106 valence electrons. The summed E-state index contributed by atoms with van der Waals surface area (Å²) in [6.45, 7) is 4.37. The summed E-state index contributed by atoms with van der Waals surface area (Å²) in [6, 6.07) is 5.06. The van der Waals surface area contributed by atoms with Crippen molar-refractivity contribution in [2.75, 3.05) is 6.54 Å². The van der Waals surface area contributed by atoms with Crippen LogP contribution < -0.4 is 0 Å². The lowest BCUT2D eigenvalue weighted by molar-refractivity contribution is -0.123. The minimum Gasteiger partial charge on any atom is -0.507 e. The molecule has 2 rings (SSSR count). The molecule has 0 saturated carbocycles. The molecule has 0 unspecified atom stereocenters. The second-order valence-electron chi connectivity index (χ2n) is 4.90. The number of thioether (sulfide) groups is 1. The molecule has 1 aromatic carbocycles. The third kappa shape index (κ3) is 3.35. The third-order valence-electron chi connectivity index (χ3n) is 2.69. The first-order chi connectivity index (χ1) is 9.38. The van der Waals surface area contributed by atoms with E-state index >= 15 is 0 Å². The average molecular weight is 403 g/mol. The van der Waals surface area contributed by atoms with Crippen molar-refractivity contribution < 1.29 is 14.7 Å². The highest BCUT2D eigenvalue weighted by atomic mass is 127. The van der Waals surface area contributed by atoms with E-state index in [0.29, 0.717) is 15.0 Å². The molecule has 6 heteroatoms. The number of carbonyl (C=O) groups is 2. The average Bonchev–Trinajstić information content (AvgIpc) is 2.61. The van der Waals surface area contributed by atoms with Gasteiger partial charge in [0.2, 0.25) is 0 Å². The molecule has 0 radical (unpaired) electrons. The molecule has 20 heavy (non-hydrogen) atoms. The molecule has 0 atom stereocenters. The quantitative estimate of drug-likeness (QED) is 0.618. The molecule has 0 spiro atoms. The number of rotatable bonds is 3. The predicted molar refractivity (Wildman–Crippen MR) is 88.3 cm³/mol. The van der Waals surface area contributed by atoms with Crippen LogP contribution in [0.5, 0.6) is 5.75 Å². The molecule has 1 aliphatic heterocycles. The number of imide groups is 1. The van der Waals surface area contributed by atoms with E-state index in [4.69, 9.17) is 0 Å². The summed E-state index contributed by atoms with van der Waals surface area (Å²) >= 11 is 2.98. The van der Waals surface area contributed by atoms with Crippen LogP contribution in [-0.2, 0) is 4.79 Å². The fourth-order valence-electron chi connectivity index (χ4n) is 1.79. The largest absolute Gasteiger partial charge is 0.507 e. The van der Waals surface area contributed by atoms with Gasteiger partial charge in [0.05, 0.1) is 8.48 Å². The Kier molecular flexibility index (Phi) is 4.74. The summed E-state index contributed by atoms with van der Waals surface area (Å²) in [5.41, 5.74) is 0.794. The number of phenolic OH excluding ortho intramolecular Hbond substituents is 1. The number of hydrogen-bond donors (Lipinski definition) is 1. The van der Waals surface area contributed by atoms with Crippen LogP contribution in [0.4, 0.5) is 4.79 Å². The van der Waals surface area contributed by atoms with E-state index in [-0.39, 0.29) is 22.8 Å². The SMILES string of the molecule is CC(C)CN1C(=O)S/C(=C/c2ccc(O)c(I)c2)C1=O. The molecule has 1 fully saturated rings. The summed E-state index contributed by atoms with van der Waals surface area (Å²) in [5.74, 6) is 0.213. The van der Waals surface area contributed by atoms with Crippen LogP contribution in [0.25, 0.3) is 6.08 Å². The number of nitrogens with zero attached hydrogens (tertiary/aromatic N) is 1. The second kappa shape index (κ2) is 6.17. The summed E-state index contributed by atoms with van der Waals surface area (Å²) < 4.78 is 0.706.